The van der Waals surface area contributed by atoms with Gasteiger partial charge >= 0.3 is 6.18 Å². The lowest BCUT2D eigenvalue weighted by atomic mass is 10.1. The second-order valence-corrected chi connectivity index (χ2v) is 5.32. The highest BCUT2D eigenvalue weighted by molar-refractivity contribution is 5.63. The molecule has 0 spiro atoms. The van der Waals surface area contributed by atoms with Crippen LogP contribution >= 0.6 is 0 Å². The highest BCUT2D eigenvalue weighted by atomic mass is 19.4. The van der Waals surface area contributed by atoms with Gasteiger partial charge < -0.3 is 5.32 Å². The molecule has 1 aromatic carbocycles. The summed E-state index contributed by atoms with van der Waals surface area (Å²) >= 11 is 0. The third-order valence-electron chi connectivity index (χ3n) is 3.60. The quantitative estimate of drug-likeness (QED) is 0.662. The van der Waals surface area contributed by atoms with Crippen LogP contribution in [0.4, 0.5) is 24.7 Å². The summed E-state index contributed by atoms with van der Waals surface area (Å²) in [6, 6.07) is 6.58. The lowest BCUT2D eigenvalue weighted by molar-refractivity contribution is -0.386. The van der Waals surface area contributed by atoms with Gasteiger partial charge in [-0.15, -0.1) is 0 Å². The van der Waals surface area contributed by atoms with E-state index < -0.39 is 16.7 Å². The lowest BCUT2D eigenvalue weighted by Gasteiger charge is -2.12. The molecule has 25 heavy (non-hydrogen) atoms. The number of pyridine rings is 1. The monoisotopic (exact) mass is 350 g/mol. The Morgan fingerprint density at radius 2 is 2.04 bits per heavy atom. The molecule has 0 unspecified atom stereocenters. The van der Waals surface area contributed by atoms with Gasteiger partial charge in [0.25, 0.3) is 5.69 Å². The summed E-state index contributed by atoms with van der Waals surface area (Å²) in [6.45, 7) is 2.85. The predicted molar refractivity (Wildman–Crippen MR) is 83.9 cm³/mol. The molecule has 9 heteroatoms. The average molecular weight is 350 g/mol. The van der Waals surface area contributed by atoms with Crippen LogP contribution in [0.25, 0.3) is 0 Å². The van der Waals surface area contributed by atoms with Gasteiger partial charge in [-0.05, 0) is 31.5 Å². The number of nitrogens with zero attached hydrogens (tertiary/aromatic N) is 3. The van der Waals surface area contributed by atoms with Crippen LogP contribution in [0.5, 0.6) is 0 Å². The fourth-order valence-electron chi connectivity index (χ4n) is 2.42. The summed E-state index contributed by atoms with van der Waals surface area (Å²) in [6.07, 6.45) is -4.45. The van der Waals surface area contributed by atoms with Gasteiger partial charge in [0, 0.05) is 6.54 Å². The van der Waals surface area contributed by atoms with Crippen molar-refractivity contribution in [1.82, 2.24) is 4.98 Å². The zero-order valence-electron chi connectivity index (χ0n) is 13.3. The summed E-state index contributed by atoms with van der Waals surface area (Å²) in [4.78, 5) is 14.5. The van der Waals surface area contributed by atoms with Gasteiger partial charge in [0.05, 0.1) is 16.1 Å². The number of rotatable bonds is 4. The highest BCUT2D eigenvalue weighted by Crippen LogP contribution is 2.31. The van der Waals surface area contributed by atoms with Crippen molar-refractivity contribution >= 4 is 11.5 Å². The van der Waals surface area contributed by atoms with Gasteiger partial charge in [0.2, 0.25) is 0 Å². The molecule has 130 valence electrons. The zero-order chi connectivity index (χ0) is 18.8. The third-order valence-corrected chi connectivity index (χ3v) is 3.60. The first-order valence-corrected chi connectivity index (χ1v) is 7.10. The van der Waals surface area contributed by atoms with Crippen LogP contribution in [0, 0.1) is 35.3 Å². The number of nitriles is 1. The van der Waals surface area contributed by atoms with E-state index in [1.54, 1.807) is 0 Å². The van der Waals surface area contributed by atoms with Crippen LogP contribution < -0.4 is 5.32 Å². The Kier molecular flexibility index (Phi) is 4.92. The number of hydrogen-bond donors (Lipinski definition) is 1. The van der Waals surface area contributed by atoms with Gasteiger partial charge in [-0.2, -0.15) is 18.4 Å². The third kappa shape index (κ3) is 3.85. The molecule has 0 bridgehead atoms. The molecule has 2 aromatic rings. The topological polar surface area (TPSA) is 91.8 Å². The highest BCUT2D eigenvalue weighted by Gasteiger charge is 2.30. The molecule has 0 aliphatic rings. The lowest BCUT2D eigenvalue weighted by Crippen LogP contribution is -2.10. The summed E-state index contributed by atoms with van der Waals surface area (Å²) in [7, 11) is 0. The first-order chi connectivity index (χ1) is 11.6. The van der Waals surface area contributed by atoms with Gasteiger partial charge in [-0.25, -0.2) is 4.98 Å². The second kappa shape index (κ2) is 6.76. The van der Waals surface area contributed by atoms with E-state index in [2.05, 4.69) is 10.3 Å². The number of aryl methyl sites for hydroxylation is 1. The molecule has 0 amide bonds. The zero-order valence-corrected chi connectivity index (χ0v) is 13.3. The number of halogens is 3. The molecule has 0 aliphatic carbocycles. The standard InChI is InChI=1S/C16H13F3N4O2/c1-9-13(7-20)15(22-10(2)14(9)23(24)25)21-8-11-4-3-5-12(6-11)16(17,18)19/h3-6H,8H2,1-2H3,(H,21,22). The Balaban J connectivity index is 2.33. The Morgan fingerprint density at radius 3 is 2.60 bits per heavy atom. The van der Waals surface area contributed by atoms with E-state index in [9.17, 15) is 28.5 Å². The Bertz CT molecular complexity index is 873. The van der Waals surface area contributed by atoms with E-state index in [1.807, 2.05) is 6.07 Å². The Morgan fingerprint density at radius 1 is 1.36 bits per heavy atom. The maximum Gasteiger partial charge on any atom is 0.416 e. The molecule has 0 saturated carbocycles. The molecular weight excluding hydrogens is 337 g/mol. The summed E-state index contributed by atoms with van der Waals surface area (Å²) in [5.74, 6) is 0.0977. The second-order valence-electron chi connectivity index (χ2n) is 5.32. The number of anilines is 1. The molecule has 0 aliphatic heterocycles. The first-order valence-electron chi connectivity index (χ1n) is 7.10. The van der Waals surface area contributed by atoms with E-state index in [4.69, 9.17) is 0 Å². The fraction of sp³-hybridized carbons (Fsp3) is 0.250. The van der Waals surface area contributed by atoms with E-state index in [1.165, 1.54) is 26.0 Å². The molecular formula is C16H13F3N4O2. The van der Waals surface area contributed by atoms with Crippen molar-refractivity contribution in [1.29, 1.82) is 5.26 Å². The molecule has 2 rings (SSSR count). The molecule has 0 saturated heterocycles. The van der Waals surface area contributed by atoms with Gasteiger partial charge in [0.1, 0.15) is 23.1 Å². The van der Waals surface area contributed by atoms with Crippen LogP contribution in [0.1, 0.15) is 27.9 Å². The maximum atomic E-state index is 12.7. The molecule has 0 fully saturated rings. The fourth-order valence-corrected chi connectivity index (χ4v) is 2.42. The van der Waals surface area contributed by atoms with Crippen LogP contribution in [-0.2, 0) is 12.7 Å². The van der Waals surface area contributed by atoms with Crippen LogP contribution in [-0.4, -0.2) is 9.91 Å². The van der Waals surface area contributed by atoms with Crippen LogP contribution in [0.2, 0.25) is 0 Å². The Labute approximate surface area is 141 Å². The average Bonchev–Trinajstić information content (AvgIpc) is 2.51. The van der Waals surface area contributed by atoms with Crippen molar-refractivity contribution in [2.24, 2.45) is 0 Å². The smallest absolute Gasteiger partial charge is 0.365 e. The van der Waals surface area contributed by atoms with Gasteiger partial charge in [-0.1, -0.05) is 12.1 Å². The SMILES string of the molecule is Cc1nc(NCc2cccc(C(F)(F)F)c2)c(C#N)c(C)c1[N+](=O)[O-]. The molecule has 0 radical (unpaired) electrons. The summed E-state index contributed by atoms with van der Waals surface area (Å²) in [5, 5.41) is 23.1. The molecule has 1 heterocycles. The van der Waals surface area contributed by atoms with E-state index in [0.29, 0.717) is 5.56 Å². The van der Waals surface area contributed by atoms with E-state index in [-0.39, 0.29) is 34.9 Å². The van der Waals surface area contributed by atoms with Crippen LogP contribution in [0.15, 0.2) is 24.3 Å². The minimum atomic E-state index is -4.45. The molecule has 1 aromatic heterocycles. The predicted octanol–water partition coefficient (Wildman–Crippen LogP) is 4.11. The number of hydrogen-bond acceptors (Lipinski definition) is 5. The van der Waals surface area contributed by atoms with Crippen molar-refractivity contribution in [3.8, 4) is 6.07 Å². The summed E-state index contributed by atoms with van der Waals surface area (Å²) < 4.78 is 38.2. The molecule has 1 N–H and O–H groups in total. The maximum absolute atomic E-state index is 12.7. The largest absolute Gasteiger partial charge is 0.416 e. The van der Waals surface area contributed by atoms with Crippen molar-refractivity contribution < 1.29 is 18.1 Å². The molecule has 6 nitrogen and oxygen atoms in total. The summed E-state index contributed by atoms with van der Waals surface area (Å²) in [5.41, 5.74) is -0.421. The number of alkyl halides is 3. The Hall–Kier alpha value is -3.15. The van der Waals surface area contributed by atoms with Crippen LogP contribution in [0.3, 0.4) is 0 Å². The van der Waals surface area contributed by atoms with Crippen molar-refractivity contribution in [2.45, 2.75) is 26.6 Å². The normalized spacial score (nSPS) is 11.0. The number of aromatic nitrogens is 1. The van der Waals surface area contributed by atoms with Crippen molar-refractivity contribution in [3.05, 3.63) is 62.3 Å². The van der Waals surface area contributed by atoms with E-state index in [0.717, 1.165) is 12.1 Å². The number of benzene rings is 1. The van der Waals surface area contributed by atoms with Gasteiger partial charge in [0.15, 0.2) is 0 Å². The van der Waals surface area contributed by atoms with Gasteiger partial charge in [-0.3, -0.25) is 10.1 Å². The van der Waals surface area contributed by atoms with Crippen molar-refractivity contribution in [2.75, 3.05) is 5.32 Å². The van der Waals surface area contributed by atoms with E-state index >= 15 is 0 Å². The van der Waals surface area contributed by atoms with Crippen molar-refractivity contribution in [3.63, 3.8) is 0 Å². The first kappa shape index (κ1) is 18.2. The minimum Gasteiger partial charge on any atom is -0.365 e. The number of nitrogens with one attached hydrogen (secondary N) is 1. The molecule has 0 atom stereocenters. The number of nitro groups is 1. The minimum absolute atomic E-state index is 0.00993.